The summed E-state index contributed by atoms with van der Waals surface area (Å²) in [4.78, 5) is 33.2. The summed E-state index contributed by atoms with van der Waals surface area (Å²) in [7, 11) is -4.95. The maximum absolute atomic E-state index is 10.4. The van der Waals surface area contributed by atoms with Gasteiger partial charge in [0.1, 0.15) is 14.1 Å². The summed E-state index contributed by atoms with van der Waals surface area (Å²) >= 11 is 0. The van der Waals surface area contributed by atoms with Crippen LogP contribution in [-0.2, 0) is 4.79 Å². The Labute approximate surface area is 182 Å². The number of amides is 3. The molecule has 0 spiro atoms. The third kappa shape index (κ3) is 11.9. The Morgan fingerprint density at radius 3 is 2.00 bits per heavy atom. The van der Waals surface area contributed by atoms with Gasteiger partial charge in [-0.1, -0.05) is 19.6 Å². The Bertz CT molecular complexity index is 660. The number of carbonyl (C=O) groups excluding carboxylic acids is 2. The van der Waals surface area contributed by atoms with Crippen LogP contribution in [0, 0.1) is 0 Å². The van der Waals surface area contributed by atoms with E-state index >= 15 is 0 Å². The molecule has 1 atom stereocenters. The maximum atomic E-state index is 10.4. The lowest BCUT2D eigenvalue weighted by Crippen LogP contribution is -2.55. The highest BCUT2D eigenvalue weighted by Crippen LogP contribution is 2.23. The molecule has 1 aliphatic rings. The van der Waals surface area contributed by atoms with Gasteiger partial charge in [-0.3, -0.25) is 10.1 Å². The largest absolute Gasteiger partial charge is 0.531 e. The predicted molar refractivity (Wildman–Crippen MR) is 126 cm³/mol. The molecule has 3 amide bonds. The second-order valence-electron chi connectivity index (χ2n) is 10.0. The highest BCUT2D eigenvalue weighted by Gasteiger charge is 2.23. The van der Waals surface area contributed by atoms with Crippen LogP contribution in [0.3, 0.4) is 0 Å². The molecule has 0 bridgehead atoms. The van der Waals surface area contributed by atoms with Crippen LogP contribution in [0.4, 0.5) is 10.6 Å². The molecular formula is C17H36N6O4Si3. The number of imide groups is 1. The van der Waals surface area contributed by atoms with Crippen molar-refractivity contribution in [3.05, 3.63) is 6.07 Å². The summed E-state index contributed by atoms with van der Waals surface area (Å²) in [5.41, 5.74) is 5.22. The lowest BCUT2D eigenvalue weighted by Gasteiger charge is -2.24. The third-order valence-electron chi connectivity index (χ3n) is 2.97. The molecule has 30 heavy (non-hydrogen) atoms. The number of nitrogens with zero attached hydrogens (tertiary/aromatic N) is 2. The van der Waals surface area contributed by atoms with Crippen molar-refractivity contribution in [2.24, 2.45) is 5.73 Å². The Kier molecular flexibility index (Phi) is 8.59. The topological polar surface area (TPSA) is 140 Å². The van der Waals surface area contributed by atoms with Crippen LogP contribution in [0.15, 0.2) is 6.07 Å². The molecular weight excluding hydrogens is 436 g/mol. The van der Waals surface area contributed by atoms with Crippen LogP contribution in [0.2, 0.25) is 58.9 Å². The molecule has 170 valence electrons. The zero-order chi connectivity index (χ0) is 23.3. The number of carbonyl (C=O) groups is 2. The fourth-order valence-electron chi connectivity index (χ4n) is 2.17. The van der Waals surface area contributed by atoms with Gasteiger partial charge in [0.25, 0.3) is 0 Å². The number of urea groups is 1. The van der Waals surface area contributed by atoms with E-state index in [2.05, 4.69) is 79.2 Å². The highest BCUT2D eigenvalue weighted by molar-refractivity contribution is 6.79. The van der Waals surface area contributed by atoms with E-state index in [-0.39, 0.29) is 12.3 Å². The molecule has 0 aromatic carbocycles. The average molecular weight is 473 g/mol. The van der Waals surface area contributed by atoms with Gasteiger partial charge in [0.05, 0.1) is 12.6 Å². The fourth-order valence-corrected chi connectivity index (χ4v) is 4.44. The Morgan fingerprint density at radius 1 is 1.00 bits per heavy atom. The first-order chi connectivity index (χ1) is 13.4. The second-order valence-corrected chi connectivity index (χ2v) is 23.6. The van der Waals surface area contributed by atoms with Crippen molar-refractivity contribution in [3.63, 3.8) is 0 Å². The highest BCUT2D eigenvalue weighted by atomic mass is 28.4. The van der Waals surface area contributed by atoms with E-state index in [0.29, 0.717) is 11.9 Å². The van der Waals surface area contributed by atoms with Crippen LogP contribution in [0.25, 0.3) is 0 Å². The van der Waals surface area contributed by atoms with Gasteiger partial charge in [0.15, 0.2) is 0 Å². The Hall–Kier alpha value is -1.97. The van der Waals surface area contributed by atoms with Gasteiger partial charge >= 0.3 is 12.0 Å². The van der Waals surface area contributed by atoms with E-state index in [1.54, 1.807) is 0 Å². The van der Waals surface area contributed by atoms with Crippen LogP contribution < -0.4 is 30.2 Å². The normalized spacial score (nSPS) is 17.2. The van der Waals surface area contributed by atoms with E-state index < -0.39 is 37.1 Å². The fraction of sp³-hybridized carbons (Fsp3) is 0.647. The summed E-state index contributed by atoms with van der Waals surface area (Å²) in [6.07, 6.45) is -0.364. The second kappa shape index (κ2) is 9.89. The van der Waals surface area contributed by atoms with Gasteiger partial charge in [-0.2, -0.15) is 9.97 Å². The van der Waals surface area contributed by atoms with Gasteiger partial charge in [-0.15, -0.1) is 0 Å². The molecule has 1 fully saturated rings. The first kappa shape index (κ1) is 26.1. The van der Waals surface area contributed by atoms with Crippen molar-refractivity contribution < 1.29 is 18.4 Å². The van der Waals surface area contributed by atoms with Crippen molar-refractivity contribution in [1.82, 2.24) is 20.6 Å². The van der Waals surface area contributed by atoms with Crippen molar-refractivity contribution in [2.45, 2.75) is 71.5 Å². The molecule has 0 radical (unpaired) electrons. The third-order valence-corrected chi connectivity index (χ3v) is 5.59. The molecule has 2 heterocycles. The first-order valence-corrected chi connectivity index (χ1v) is 20.1. The zero-order valence-corrected chi connectivity index (χ0v) is 22.5. The minimum absolute atomic E-state index is 0.158. The molecule has 10 nitrogen and oxygen atoms in total. The molecule has 1 unspecified atom stereocenters. The van der Waals surface area contributed by atoms with E-state index in [1.165, 1.54) is 0 Å². The van der Waals surface area contributed by atoms with E-state index in [4.69, 9.17) is 14.6 Å². The predicted octanol–water partition coefficient (Wildman–Crippen LogP) is 2.65. The SMILES string of the molecule is C[Si](C)(C)Nc1cc(O[Si](C)(C)C)nc(O[Si](C)(C)C)n1.NC1CC(=O)NC(=O)N1. The molecule has 5 N–H and O–H groups in total. The summed E-state index contributed by atoms with van der Waals surface area (Å²) in [5.74, 6) is 1.08. The minimum atomic E-state index is -1.75. The number of rotatable bonds is 6. The number of hydrogen-bond donors (Lipinski definition) is 4. The summed E-state index contributed by atoms with van der Waals surface area (Å²) in [6, 6.07) is 1.79. The van der Waals surface area contributed by atoms with Crippen molar-refractivity contribution in [1.29, 1.82) is 0 Å². The monoisotopic (exact) mass is 472 g/mol. The van der Waals surface area contributed by atoms with Gasteiger partial charge in [0.2, 0.25) is 28.4 Å². The smallest absolute Gasteiger partial charge is 0.322 e. The standard InChI is InChI=1S/C13H29N3O2Si3.C4H7N3O2/c1-19(2,3)16-11-10-12(17-20(4,5)6)15-13(14-11)18-21(7,8)9;5-2-1-3(8)7-4(9)6-2/h10H,1-9H3,(H,14,15,16);2H,1,5H2,(H2,6,7,8,9). The van der Waals surface area contributed by atoms with E-state index in [0.717, 1.165) is 5.82 Å². The lowest BCUT2D eigenvalue weighted by atomic mass is 10.3. The lowest BCUT2D eigenvalue weighted by molar-refractivity contribution is -0.121. The van der Waals surface area contributed by atoms with Crippen molar-refractivity contribution >= 4 is 42.6 Å². The Morgan fingerprint density at radius 2 is 1.57 bits per heavy atom. The number of nitrogens with one attached hydrogen (secondary N) is 3. The van der Waals surface area contributed by atoms with Crippen molar-refractivity contribution in [2.75, 3.05) is 4.98 Å². The average Bonchev–Trinajstić information content (AvgIpc) is 2.39. The number of anilines is 1. The number of nitrogens with two attached hydrogens (primary N) is 1. The summed E-state index contributed by atoms with van der Waals surface area (Å²) < 4.78 is 12.0. The Balaban J connectivity index is 0.000000414. The summed E-state index contributed by atoms with van der Waals surface area (Å²) in [6.45, 7) is 19.5. The van der Waals surface area contributed by atoms with Gasteiger partial charge in [-0.05, 0) is 39.3 Å². The molecule has 1 saturated heterocycles. The van der Waals surface area contributed by atoms with Gasteiger partial charge in [-0.25, -0.2) is 4.79 Å². The van der Waals surface area contributed by atoms with Crippen LogP contribution in [0.1, 0.15) is 6.42 Å². The van der Waals surface area contributed by atoms with Crippen LogP contribution in [-0.4, -0.2) is 52.9 Å². The molecule has 0 saturated carbocycles. The van der Waals surface area contributed by atoms with Crippen molar-refractivity contribution in [3.8, 4) is 11.9 Å². The molecule has 13 heteroatoms. The molecule has 0 aliphatic carbocycles. The number of hydrogen-bond acceptors (Lipinski definition) is 8. The molecule has 1 aliphatic heterocycles. The molecule has 1 aromatic rings. The van der Waals surface area contributed by atoms with E-state index in [1.807, 2.05) is 11.4 Å². The quantitative estimate of drug-likeness (QED) is 0.463. The zero-order valence-electron chi connectivity index (χ0n) is 19.5. The maximum Gasteiger partial charge on any atom is 0.322 e. The molecule has 2 rings (SSSR count). The number of aromatic nitrogens is 2. The molecule has 1 aromatic heterocycles. The van der Waals surface area contributed by atoms with E-state index in [9.17, 15) is 9.59 Å². The summed E-state index contributed by atoms with van der Waals surface area (Å²) in [5, 5.41) is 4.36. The van der Waals surface area contributed by atoms with Crippen LogP contribution in [0.5, 0.6) is 11.9 Å². The minimum Gasteiger partial charge on any atom is -0.531 e. The first-order valence-electron chi connectivity index (χ1n) is 9.83. The van der Waals surface area contributed by atoms with Crippen LogP contribution >= 0.6 is 0 Å². The van der Waals surface area contributed by atoms with Gasteiger partial charge < -0.3 is 24.9 Å². The van der Waals surface area contributed by atoms with Gasteiger partial charge in [0, 0.05) is 6.07 Å².